The van der Waals surface area contributed by atoms with Crippen LogP contribution in [0.25, 0.3) is 0 Å². The van der Waals surface area contributed by atoms with Gasteiger partial charge in [0.25, 0.3) is 0 Å². The lowest BCUT2D eigenvalue weighted by Gasteiger charge is -2.50. The van der Waals surface area contributed by atoms with E-state index in [1.807, 2.05) is 0 Å². The van der Waals surface area contributed by atoms with E-state index in [1.165, 1.54) is 58.2 Å². The van der Waals surface area contributed by atoms with E-state index in [9.17, 15) is 0 Å². The number of nitrogens with one attached hydrogen (secondary N) is 1. The molecule has 0 aromatic heterocycles. The molecule has 2 atom stereocenters. The lowest BCUT2D eigenvalue weighted by atomic mass is 9.76. The van der Waals surface area contributed by atoms with Gasteiger partial charge >= 0.3 is 0 Å². The predicted molar refractivity (Wildman–Crippen MR) is 83.5 cm³/mol. The van der Waals surface area contributed by atoms with Gasteiger partial charge in [0.1, 0.15) is 0 Å². The Morgan fingerprint density at radius 3 is 2.47 bits per heavy atom. The summed E-state index contributed by atoms with van der Waals surface area (Å²) in [7, 11) is 0. The minimum Gasteiger partial charge on any atom is -0.309 e. The topological polar surface area (TPSA) is 15.3 Å². The summed E-state index contributed by atoms with van der Waals surface area (Å²) < 4.78 is 0. The summed E-state index contributed by atoms with van der Waals surface area (Å²) in [5.74, 6) is 1.77. The van der Waals surface area contributed by atoms with Crippen molar-refractivity contribution >= 4 is 0 Å². The Labute approximate surface area is 120 Å². The quantitative estimate of drug-likeness (QED) is 0.835. The van der Waals surface area contributed by atoms with Crippen LogP contribution in [0.3, 0.4) is 0 Å². The largest absolute Gasteiger partial charge is 0.309 e. The summed E-state index contributed by atoms with van der Waals surface area (Å²) >= 11 is 0. The van der Waals surface area contributed by atoms with Gasteiger partial charge in [0.2, 0.25) is 0 Å². The average molecular weight is 266 g/mol. The van der Waals surface area contributed by atoms with Gasteiger partial charge in [0, 0.05) is 31.2 Å². The van der Waals surface area contributed by atoms with Crippen LogP contribution in [0.2, 0.25) is 0 Å². The lowest BCUT2D eigenvalue weighted by Crippen LogP contribution is -2.63. The van der Waals surface area contributed by atoms with Crippen molar-refractivity contribution in [2.24, 2.45) is 11.8 Å². The summed E-state index contributed by atoms with van der Waals surface area (Å²) in [5.41, 5.74) is 0.386. The summed E-state index contributed by atoms with van der Waals surface area (Å²) in [4.78, 5) is 2.84. The Kier molecular flexibility index (Phi) is 5.30. The van der Waals surface area contributed by atoms with Crippen LogP contribution in [0.4, 0.5) is 0 Å². The second kappa shape index (κ2) is 6.58. The maximum absolute atomic E-state index is 3.80. The van der Waals surface area contributed by atoms with Gasteiger partial charge in [-0.25, -0.2) is 0 Å². The van der Waals surface area contributed by atoms with Crippen LogP contribution in [0.15, 0.2) is 0 Å². The molecule has 1 N–H and O–H groups in total. The van der Waals surface area contributed by atoms with Gasteiger partial charge in [0.05, 0.1) is 0 Å². The molecule has 1 saturated carbocycles. The molecule has 1 heterocycles. The van der Waals surface area contributed by atoms with Crippen molar-refractivity contribution in [3.05, 3.63) is 0 Å². The van der Waals surface area contributed by atoms with Crippen molar-refractivity contribution in [1.29, 1.82) is 0 Å². The highest BCUT2D eigenvalue weighted by molar-refractivity contribution is 4.96. The van der Waals surface area contributed by atoms with Gasteiger partial charge in [-0.1, -0.05) is 40.5 Å². The molecule has 0 spiro atoms. The SMILES string of the molecule is CCC1(CC)CN(C2CCCCC2C(C)C)CCN1. The van der Waals surface area contributed by atoms with E-state index in [2.05, 4.69) is 37.9 Å². The molecule has 2 fully saturated rings. The molecule has 2 unspecified atom stereocenters. The minimum atomic E-state index is 0.386. The molecule has 1 aliphatic carbocycles. The molecular weight excluding hydrogens is 232 g/mol. The molecule has 0 aromatic carbocycles. The minimum absolute atomic E-state index is 0.386. The van der Waals surface area contributed by atoms with Gasteiger partial charge in [-0.05, 0) is 37.5 Å². The second-order valence-corrected chi connectivity index (χ2v) is 7.14. The monoisotopic (exact) mass is 266 g/mol. The number of piperazine rings is 1. The van der Waals surface area contributed by atoms with Gasteiger partial charge in [0.15, 0.2) is 0 Å². The predicted octanol–water partition coefficient (Wildman–Crippen LogP) is 3.67. The number of hydrogen-bond donors (Lipinski definition) is 1. The fraction of sp³-hybridized carbons (Fsp3) is 1.00. The molecule has 1 saturated heterocycles. The zero-order valence-corrected chi connectivity index (χ0v) is 13.5. The summed E-state index contributed by atoms with van der Waals surface area (Å²) in [5, 5.41) is 3.80. The maximum Gasteiger partial charge on any atom is 0.0304 e. The molecule has 2 heteroatoms. The van der Waals surface area contributed by atoms with Crippen molar-refractivity contribution < 1.29 is 0 Å². The van der Waals surface area contributed by atoms with Crippen molar-refractivity contribution in [2.45, 2.75) is 77.8 Å². The molecule has 2 nitrogen and oxygen atoms in total. The third kappa shape index (κ3) is 3.33. The molecule has 2 aliphatic rings. The molecule has 0 bridgehead atoms. The van der Waals surface area contributed by atoms with Gasteiger partial charge in [-0.2, -0.15) is 0 Å². The fourth-order valence-corrected chi connectivity index (χ4v) is 4.37. The molecule has 0 amide bonds. The van der Waals surface area contributed by atoms with Crippen LogP contribution in [0.1, 0.15) is 66.2 Å². The summed E-state index contributed by atoms with van der Waals surface area (Å²) in [6.07, 6.45) is 8.32. The smallest absolute Gasteiger partial charge is 0.0304 e. The van der Waals surface area contributed by atoms with Gasteiger partial charge in [-0.3, -0.25) is 4.90 Å². The Morgan fingerprint density at radius 1 is 1.16 bits per heavy atom. The molecule has 0 aromatic rings. The molecule has 1 aliphatic heterocycles. The van der Waals surface area contributed by atoms with Crippen LogP contribution in [-0.4, -0.2) is 36.1 Å². The van der Waals surface area contributed by atoms with Crippen molar-refractivity contribution in [1.82, 2.24) is 10.2 Å². The van der Waals surface area contributed by atoms with E-state index in [-0.39, 0.29) is 0 Å². The maximum atomic E-state index is 3.80. The van der Waals surface area contributed by atoms with Crippen LogP contribution in [0.5, 0.6) is 0 Å². The summed E-state index contributed by atoms with van der Waals surface area (Å²) in [6.45, 7) is 13.3. The fourth-order valence-electron chi connectivity index (χ4n) is 4.37. The van der Waals surface area contributed by atoms with Crippen molar-refractivity contribution in [3.8, 4) is 0 Å². The Hall–Kier alpha value is -0.0800. The van der Waals surface area contributed by atoms with Crippen LogP contribution < -0.4 is 5.32 Å². The first-order chi connectivity index (χ1) is 9.12. The zero-order valence-electron chi connectivity index (χ0n) is 13.5. The molecule has 19 heavy (non-hydrogen) atoms. The van der Waals surface area contributed by atoms with Gasteiger partial charge in [-0.15, -0.1) is 0 Å². The van der Waals surface area contributed by atoms with Crippen LogP contribution in [-0.2, 0) is 0 Å². The second-order valence-electron chi connectivity index (χ2n) is 7.14. The van der Waals surface area contributed by atoms with E-state index in [0.29, 0.717) is 5.54 Å². The Morgan fingerprint density at radius 2 is 1.84 bits per heavy atom. The van der Waals surface area contributed by atoms with Crippen LogP contribution >= 0.6 is 0 Å². The average Bonchev–Trinajstić information content (AvgIpc) is 2.47. The first-order valence-electron chi connectivity index (χ1n) is 8.61. The molecule has 0 radical (unpaired) electrons. The highest BCUT2D eigenvalue weighted by atomic mass is 15.2. The van der Waals surface area contributed by atoms with E-state index in [0.717, 1.165) is 17.9 Å². The highest BCUT2D eigenvalue weighted by Gasteiger charge is 2.38. The number of rotatable bonds is 4. The van der Waals surface area contributed by atoms with Crippen molar-refractivity contribution in [3.63, 3.8) is 0 Å². The molecular formula is C17H34N2. The van der Waals surface area contributed by atoms with Crippen molar-refractivity contribution in [2.75, 3.05) is 19.6 Å². The van der Waals surface area contributed by atoms with E-state index >= 15 is 0 Å². The lowest BCUT2D eigenvalue weighted by molar-refractivity contribution is 0.0266. The molecule has 112 valence electrons. The van der Waals surface area contributed by atoms with Crippen LogP contribution in [0, 0.1) is 11.8 Å². The Balaban J connectivity index is 2.06. The third-order valence-electron chi connectivity index (χ3n) is 5.87. The molecule has 2 rings (SSSR count). The normalized spacial score (nSPS) is 32.7. The van der Waals surface area contributed by atoms with E-state index < -0.39 is 0 Å². The number of nitrogens with zero attached hydrogens (tertiary/aromatic N) is 1. The van der Waals surface area contributed by atoms with E-state index in [1.54, 1.807) is 0 Å². The number of hydrogen-bond acceptors (Lipinski definition) is 2. The van der Waals surface area contributed by atoms with E-state index in [4.69, 9.17) is 0 Å². The standard InChI is InChI=1S/C17H34N2/c1-5-17(6-2)13-19(12-11-18-17)16-10-8-7-9-15(16)14(3)4/h14-16,18H,5-13H2,1-4H3. The first kappa shape index (κ1) is 15.3. The third-order valence-corrected chi connectivity index (χ3v) is 5.87. The van der Waals surface area contributed by atoms with Gasteiger partial charge < -0.3 is 5.32 Å². The Bertz CT molecular complexity index is 270. The highest BCUT2D eigenvalue weighted by Crippen LogP contribution is 2.35. The summed E-state index contributed by atoms with van der Waals surface area (Å²) in [6, 6.07) is 0.855. The zero-order chi connectivity index (χ0) is 13.9. The first-order valence-corrected chi connectivity index (χ1v) is 8.61.